The number of nitrogens with zero attached hydrogens (tertiary/aromatic N) is 1. The van der Waals surface area contributed by atoms with E-state index in [0.29, 0.717) is 30.2 Å². The number of nitrogens with two attached hydrogens (primary N) is 1. The minimum absolute atomic E-state index is 0.108. The Bertz CT molecular complexity index is 950. The normalized spacial score (nSPS) is 10.7. The number of anilines is 1. The number of rotatable bonds is 9. The number of benzene rings is 2. The summed E-state index contributed by atoms with van der Waals surface area (Å²) in [5.74, 6) is 0.792. The lowest BCUT2D eigenvalue weighted by atomic mass is 10.1. The minimum Gasteiger partial charge on any atom is -0.490 e. The van der Waals surface area contributed by atoms with E-state index in [4.69, 9.17) is 15.2 Å². The van der Waals surface area contributed by atoms with Gasteiger partial charge in [-0.05, 0) is 89.9 Å². The highest BCUT2D eigenvalue weighted by atomic mass is 79.9. The summed E-state index contributed by atoms with van der Waals surface area (Å²) in [6.07, 6.45) is 2.21. The van der Waals surface area contributed by atoms with Crippen LogP contribution in [0.25, 0.3) is 0 Å². The molecule has 160 valence electrons. The van der Waals surface area contributed by atoms with E-state index in [0.717, 1.165) is 21.2 Å². The predicted molar refractivity (Wildman–Crippen MR) is 127 cm³/mol. The van der Waals surface area contributed by atoms with Crippen molar-refractivity contribution in [1.82, 2.24) is 5.43 Å². The maximum atomic E-state index is 12.4. The van der Waals surface area contributed by atoms with Crippen molar-refractivity contribution >= 4 is 51.1 Å². The molecule has 1 amide bonds. The van der Waals surface area contributed by atoms with E-state index in [1.165, 1.54) is 0 Å². The zero-order valence-electron chi connectivity index (χ0n) is 17.1. The van der Waals surface area contributed by atoms with Gasteiger partial charge in [-0.1, -0.05) is 6.07 Å². The van der Waals surface area contributed by atoms with Crippen molar-refractivity contribution in [1.29, 1.82) is 0 Å². The van der Waals surface area contributed by atoms with Crippen LogP contribution in [-0.2, 0) is 11.2 Å². The molecular weight excluding hydrogens is 468 g/mol. The fraction of sp³-hybridized carbons (Fsp3) is 0.286. The summed E-state index contributed by atoms with van der Waals surface area (Å²) in [5, 5.41) is 6.88. The van der Waals surface area contributed by atoms with Crippen LogP contribution in [0.15, 0.2) is 39.9 Å². The van der Waals surface area contributed by atoms with Gasteiger partial charge in [-0.3, -0.25) is 10.2 Å². The molecule has 9 heteroatoms. The van der Waals surface area contributed by atoms with Crippen LogP contribution in [0.5, 0.6) is 11.5 Å². The van der Waals surface area contributed by atoms with Gasteiger partial charge >= 0.3 is 0 Å². The molecule has 30 heavy (non-hydrogen) atoms. The molecule has 0 aliphatic heterocycles. The van der Waals surface area contributed by atoms with Gasteiger partial charge in [-0.15, -0.1) is 0 Å². The van der Waals surface area contributed by atoms with Crippen LogP contribution in [-0.4, -0.2) is 30.4 Å². The molecule has 0 fully saturated rings. The number of ether oxygens (including phenoxy) is 2. The van der Waals surface area contributed by atoms with Crippen molar-refractivity contribution in [3.8, 4) is 11.5 Å². The van der Waals surface area contributed by atoms with Crippen LogP contribution in [0.2, 0.25) is 0 Å². The fourth-order valence-corrected chi connectivity index (χ4v) is 3.14. The molecule has 0 spiro atoms. The number of aryl methyl sites for hydroxylation is 2. The standard InChI is InChI=1S/C21H25BrN4O3S/c1-4-28-19-11-15(7-8-24-26-21(23)30)5-6-18(19)29-12-20(27)25-17-10-14(3)13(2)9-16(17)22/h5-6,8-11H,4,7,12H2,1-3H3,(H,25,27)(H3,23,26,30)/b24-8+. The molecule has 2 aromatic carbocycles. The van der Waals surface area contributed by atoms with Gasteiger partial charge < -0.3 is 20.5 Å². The minimum atomic E-state index is -0.263. The first-order valence-corrected chi connectivity index (χ1v) is 10.5. The first kappa shape index (κ1) is 23.6. The van der Waals surface area contributed by atoms with Crippen molar-refractivity contribution in [3.05, 3.63) is 51.5 Å². The van der Waals surface area contributed by atoms with E-state index in [9.17, 15) is 4.79 Å². The van der Waals surface area contributed by atoms with E-state index in [-0.39, 0.29) is 17.6 Å². The third kappa shape index (κ3) is 7.31. The lowest BCUT2D eigenvalue weighted by molar-refractivity contribution is -0.118. The summed E-state index contributed by atoms with van der Waals surface area (Å²) >= 11 is 8.16. The monoisotopic (exact) mass is 492 g/mol. The summed E-state index contributed by atoms with van der Waals surface area (Å²) in [6, 6.07) is 9.39. The summed E-state index contributed by atoms with van der Waals surface area (Å²) in [6.45, 7) is 6.23. The van der Waals surface area contributed by atoms with Crippen molar-refractivity contribution in [3.63, 3.8) is 0 Å². The second kappa shape index (κ2) is 11.5. The summed E-state index contributed by atoms with van der Waals surface area (Å²) < 4.78 is 12.2. The molecule has 0 bridgehead atoms. The van der Waals surface area contributed by atoms with Gasteiger partial charge in [-0.2, -0.15) is 5.10 Å². The highest BCUT2D eigenvalue weighted by Crippen LogP contribution is 2.29. The molecular formula is C21H25BrN4O3S. The predicted octanol–water partition coefficient (Wildman–Crippen LogP) is 3.84. The van der Waals surface area contributed by atoms with Crippen LogP contribution in [0, 0.1) is 13.8 Å². The lowest BCUT2D eigenvalue weighted by Crippen LogP contribution is -2.24. The van der Waals surface area contributed by atoms with Gasteiger partial charge in [0.1, 0.15) is 0 Å². The Morgan fingerprint density at radius 1 is 1.20 bits per heavy atom. The number of carbonyl (C=O) groups excluding carboxylic acids is 1. The van der Waals surface area contributed by atoms with Gasteiger partial charge in [0, 0.05) is 17.1 Å². The van der Waals surface area contributed by atoms with Crippen LogP contribution < -0.4 is 25.9 Å². The average Bonchev–Trinajstić information content (AvgIpc) is 2.69. The van der Waals surface area contributed by atoms with Crippen LogP contribution >= 0.6 is 28.1 Å². The third-order valence-electron chi connectivity index (χ3n) is 4.12. The van der Waals surface area contributed by atoms with Crippen molar-refractivity contribution < 1.29 is 14.3 Å². The van der Waals surface area contributed by atoms with Gasteiger partial charge in [0.2, 0.25) is 0 Å². The SMILES string of the molecule is CCOc1cc(C/C=N/NC(N)=S)ccc1OCC(=O)Nc1cc(C)c(C)cc1Br. The molecule has 0 unspecified atom stereocenters. The Morgan fingerprint density at radius 2 is 1.93 bits per heavy atom. The fourth-order valence-electron chi connectivity index (χ4n) is 2.53. The van der Waals surface area contributed by atoms with Crippen molar-refractivity contribution in [2.75, 3.05) is 18.5 Å². The molecule has 0 aromatic heterocycles. The van der Waals surface area contributed by atoms with Crippen LogP contribution in [0.1, 0.15) is 23.6 Å². The molecule has 0 aliphatic carbocycles. The van der Waals surface area contributed by atoms with Gasteiger partial charge in [-0.25, -0.2) is 0 Å². The summed E-state index contributed by atoms with van der Waals surface area (Å²) in [5.41, 5.74) is 11.7. The topological polar surface area (TPSA) is 98.0 Å². The first-order chi connectivity index (χ1) is 14.3. The molecule has 2 rings (SSSR count). The molecule has 2 aromatic rings. The average molecular weight is 493 g/mol. The number of carbonyl (C=O) groups is 1. The zero-order chi connectivity index (χ0) is 22.1. The van der Waals surface area contributed by atoms with Crippen LogP contribution in [0.4, 0.5) is 5.69 Å². The van der Waals surface area contributed by atoms with Gasteiger partial charge in [0.15, 0.2) is 23.2 Å². The van der Waals surface area contributed by atoms with Crippen molar-refractivity contribution in [2.45, 2.75) is 27.2 Å². The number of hydrogen-bond acceptors (Lipinski definition) is 5. The van der Waals surface area contributed by atoms with E-state index in [1.54, 1.807) is 12.3 Å². The number of hydrazone groups is 1. The first-order valence-electron chi connectivity index (χ1n) is 9.32. The Morgan fingerprint density at radius 3 is 2.63 bits per heavy atom. The lowest BCUT2D eigenvalue weighted by Gasteiger charge is -2.14. The second-order valence-electron chi connectivity index (χ2n) is 6.46. The number of amides is 1. The molecule has 0 heterocycles. The largest absolute Gasteiger partial charge is 0.490 e. The summed E-state index contributed by atoms with van der Waals surface area (Å²) in [4.78, 5) is 12.4. The van der Waals surface area contributed by atoms with E-state index < -0.39 is 0 Å². The van der Waals surface area contributed by atoms with E-state index in [2.05, 4.69) is 44.0 Å². The second-order valence-corrected chi connectivity index (χ2v) is 7.75. The zero-order valence-corrected chi connectivity index (χ0v) is 19.5. The Balaban J connectivity index is 2.01. The van der Waals surface area contributed by atoms with Crippen LogP contribution in [0.3, 0.4) is 0 Å². The van der Waals surface area contributed by atoms with Gasteiger partial charge in [0.25, 0.3) is 5.91 Å². The molecule has 0 radical (unpaired) electrons. The maximum Gasteiger partial charge on any atom is 0.262 e. The maximum absolute atomic E-state index is 12.4. The highest BCUT2D eigenvalue weighted by Gasteiger charge is 2.11. The molecule has 0 saturated heterocycles. The van der Waals surface area contributed by atoms with E-state index in [1.807, 2.05) is 45.0 Å². The molecule has 0 aliphatic rings. The van der Waals surface area contributed by atoms with E-state index >= 15 is 0 Å². The molecule has 0 atom stereocenters. The highest BCUT2D eigenvalue weighted by molar-refractivity contribution is 9.10. The molecule has 0 saturated carbocycles. The van der Waals surface area contributed by atoms with Gasteiger partial charge in [0.05, 0.1) is 12.3 Å². The summed E-state index contributed by atoms with van der Waals surface area (Å²) in [7, 11) is 0. The number of nitrogens with one attached hydrogen (secondary N) is 2. The quantitative estimate of drug-likeness (QED) is 0.279. The number of halogens is 1. The smallest absolute Gasteiger partial charge is 0.262 e. The molecule has 4 N–H and O–H groups in total. The Kier molecular flexibility index (Phi) is 9.07. The number of thiocarbonyl (C=S) groups is 1. The number of hydrogen-bond donors (Lipinski definition) is 3. The molecule has 7 nitrogen and oxygen atoms in total. The van der Waals surface area contributed by atoms with Crippen molar-refractivity contribution in [2.24, 2.45) is 10.8 Å². The third-order valence-corrected chi connectivity index (χ3v) is 4.86. The Hall–Kier alpha value is -2.65. The Labute approximate surface area is 190 Å².